The van der Waals surface area contributed by atoms with Crippen LogP contribution in [0.2, 0.25) is 0 Å². The number of Topliss-reactive ketones (excluding diaryl/α,β-unsaturated/α-hetero) is 1. The molecule has 1 aliphatic heterocycles. The van der Waals surface area contributed by atoms with Crippen molar-refractivity contribution in [3.05, 3.63) is 23.9 Å². The molecule has 0 saturated carbocycles. The molecule has 1 saturated heterocycles. The Kier molecular flexibility index (Phi) is 2.89. The Balaban J connectivity index is 2.28. The third kappa shape index (κ3) is 1.91. The van der Waals surface area contributed by atoms with Gasteiger partial charge in [-0.3, -0.25) is 4.79 Å². The SMILES string of the molecule is Nc1ncccc1C(=O)C1(N)CCOCC1. The first kappa shape index (κ1) is 11.0. The molecule has 1 aromatic heterocycles. The number of hydrogen-bond acceptors (Lipinski definition) is 5. The number of pyridine rings is 1. The summed E-state index contributed by atoms with van der Waals surface area (Å²) in [6.07, 6.45) is 2.61. The summed E-state index contributed by atoms with van der Waals surface area (Å²) >= 11 is 0. The normalized spacial score (nSPS) is 19.3. The molecule has 5 heteroatoms. The second-order valence-electron chi connectivity index (χ2n) is 4.03. The van der Waals surface area contributed by atoms with Crippen LogP contribution in [0, 0.1) is 0 Å². The largest absolute Gasteiger partial charge is 0.383 e. The molecule has 0 aliphatic carbocycles. The summed E-state index contributed by atoms with van der Waals surface area (Å²) < 4.78 is 5.20. The summed E-state index contributed by atoms with van der Waals surface area (Å²) in [4.78, 5) is 16.1. The highest BCUT2D eigenvalue weighted by Crippen LogP contribution is 2.24. The van der Waals surface area contributed by atoms with Crippen LogP contribution in [0.1, 0.15) is 23.2 Å². The lowest BCUT2D eigenvalue weighted by Gasteiger charge is -2.31. The number of ketones is 1. The van der Waals surface area contributed by atoms with Crippen molar-refractivity contribution in [2.75, 3.05) is 18.9 Å². The van der Waals surface area contributed by atoms with E-state index < -0.39 is 5.54 Å². The molecular weight excluding hydrogens is 206 g/mol. The molecular formula is C11H15N3O2. The van der Waals surface area contributed by atoms with Crippen molar-refractivity contribution < 1.29 is 9.53 Å². The smallest absolute Gasteiger partial charge is 0.186 e. The Morgan fingerprint density at radius 2 is 2.12 bits per heavy atom. The van der Waals surface area contributed by atoms with Crippen LogP contribution in [0.4, 0.5) is 5.82 Å². The highest BCUT2D eigenvalue weighted by Gasteiger charge is 2.37. The van der Waals surface area contributed by atoms with E-state index in [0.717, 1.165) is 0 Å². The van der Waals surface area contributed by atoms with E-state index in [0.29, 0.717) is 31.6 Å². The Morgan fingerprint density at radius 3 is 2.75 bits per heavy atom. The maximum Gasteiger partial charge on any atom is 0.186 e. The first-order valence-corrected chi connectivity index (χ1v) is 5.25. The molecule has 1 fully saturated rings. The first-order chi connectivity index (χ1) is 7.63. The van der Waals surface area contributed by atoms with E-state index in [9.17, 15) is 4.79 Å². The molecule has 0 aromatic carbocycles. The molecule has 0 bridgehead atoms. The number of hydrogen-bond donors (Lipinski definition) is 2. The monoisotopic (exact) mass is 221 g/mol. The van der Waals surface area contributed by atoms with Gasteiger partial charge in [0, 0.05) is 19.4 Å². The minimum Gasteiger partial charge on any atom is -0.383 e. The molecule has 0 amide bonds. The predicted octanol–water partition coefficient (Wildman–Crippen LogP) is 0.354. The van der Waals surface area contributed by atoms with Gasteiger partial charge in [-0.05, 0) is 25.0 Å². The van der Waals surface area contributed by atoms with Gasteiger partial charge in [0.2, 0.25) is 0 Å². The number of nitrogen functional groups attached to an aromatic ring is 1. The van der Waals surface area contributed by atoms with E-state index in [-0.39, 0.29) is 11.6 Å². The van der Waals surface area contributed by atoms with E-state index in [2.05, 4.69) is 4.98 Å². The van der Waals surface area contributed by atoms with Gasteiger partial charge in [-0.2, -0.15) is 0 Å². The van der Waals surface area contributed by atoms with E-state index >= 15 is 0 Å². The lowest BCUT2D eigenvalue weighted by molar-refractivity contribution is 0.0448. The Hall–Kier alpha value is -1.46. The molecule has 4 N–H and O–H groups in total. The minimum atomic E-state index is -0.852. The maximum atomic E-state index is 12.2. The fourth-order valence-electron chi connectivity index (χ4n) is 1.84. The molecule has 5 nitrogen and oxygen atoms in total. The van der Waals surface area contributed by atoms with Crippen molar-refractivity contribution in [1.82, 2.24) is 4.98 Å². The zero-order valence-corrected chi connectivity index (χ0v) is 8.98. The Bertz CT molecular complexity index is 400. The van der Waals surface area contributed by atoms with Gasteiger partial charge in [-0.1, -0.05) is 0 Å². The van der Waals surface area contributed by atoms with Crippen LogP contribution in [0.3, 0.4) is 0 Å². The van der Waals surface area contributed by atoms with Crippen LogP contribution in [0.5, 0.6) is 0 Å². The van der Waals surface area contributed by atoms with Gasteiger partial charge in [-0.15, -0.1) is 0 Å². The van der Waals surface area contributed by atoms with Crippen molar-refractivity contribution in [2.24, 2.45) is 5.73 Å². The fraction of sp³-hybridized carbons (Fsp3) is 0.455. The third-order valence-corrected chi connectivity index (χ3v) is 2.92. The maximum absolute atomic E-state index is 12.2. The highest BCUT2D eigenvalue weighted by atomic mass is 16.5. The van der Waals surface area contributed by atoms with Gasteiger partial charge in [0.25, 0.3) is 0 Å². The van der Waals surface area contributed by atoms with E-state index in [1.165, 1.54) is 0 Å². The van der Waals surface area contributed by atoms with E-state index in [4.69, 9.17) is 16.2 Å². The van der Waals surface area contributed by atoms with Gasteiger partial charge in [0.15, 0.2) is 5.78 Å². The Morgan fingerprint density at radius 1 is 1.44 bits per heavy atom. The third-order valence-electron chi connectivity index (χ3n) is 2.92. The van der Waals surface area contributed by atoms with Crippen molar-refractivity contribution in [3.8, 4) is 0 Å². The molecule has 86 valence electrons. The minimum absolute atomic E-state index is 0.138. The van der Waals surface area contributed by atoms with E-state index in [1.54, 1.807) is 18.3 Å². The number of ether oxygens (including phenoxy) is 1. The van der Waals surface area contributed by atoms with Gasteiger partial charge in [0.05, 0.1) is 11.1 Å². The summed E-state index contributed by atoms with van der Waals surface area (Å²) in [5, 5.41) is 0. The van der Waals surface area contributed by atoms with Crippen LogP contribution in [-0.2, 0) is 4.74 Å². The second kappa shape index (κ2) is 4.19. The quantitative estimate of drug-likeness (QED) is 0.703. The lowest BCUT2D eigenvalue weighted by Crippen LogP contribution is -2.52. The van der Waals surface area contributed by atoms with Crippen molar-refractivity contribution in [3.63, 3.8) is 0 Å². The van der Waals surface area contributed by atoms with Crippen molar-refractivity contribution >= 4 is 11.6 Å². The topological polar surface area (TPSA) is 91.2 Å². The molecule has 0 spiro atoms. The highest BCUT2D eigenvalue weighted by molar-refractivity contribution is 6.06. The van der Waals surface area contributed by atoms with Crippen LogP contribution >= 0.6 is 0 Å². The number of anilines is 1. The standard InChI is InChI=1S/C11H15N3O2/c12-10-8(2-1-5-14-10)9(15)11(13)3-6-16-7-4-11/h1-2,5H,3-4,6-7,13H2,(H2,12,14). The molecule has 1 aliphatic rings. The molecule has 2 heterocycles. The van der Waals surface area contributed by atoms with Crippen molar-refractivity contribution in [2.45, 2.75) is 18.4 Å². The molecule has 0 unspecified atom stereocenters. The Labute approximate surface area is 93.8 Å². The second-order valence-corrected chi connectivity index (χ2v) is 4.03. The average molecular weight is 221 g/mol. The summed E-state index contributed by atoms with van der Waals surface area (Å²) in [6.45, 7) is 1.03. The van der Waals surface area contributed by atoms with Gasteiger partial charge in [0.1, 0.15) is 5.82 Å². The van der Waals surface area contributed by atoms with Crippen LogP contribution in [0.25, 0.3) is 0 Å². The van der Waals surface area contributed by atoms with E-state index in [1.807, 2.05) is 0 Å². The molecule has 16 heavy (non-hydrogen) atoms. The predicted molar refractivity (Wildman–Crippen MR) is 60.0 cm³/mol. The summed E-state index contributed by atoms with van der Waals surface area (Å²) in [6, 6.07) is 3.35. The number of nitrogens with two attached hydrogens (primary N) is 2. The van der Waals surface area contributed by atoms with Crippen LogP contribution in [-0.4, -0.2) is 29.5 Å². The zero-order valence-electron chi connectivity index (χ0n) is 8.98. The van der Waals surface area contributed by atoms with Crippen LogP contribution in [0.15, 0.2) is 18.3 Å². The summed E-state index contributed by atoms with van der Waals surface area (Å²) in [5.41, 5.74) is 11.3. The first-order valence-electron chi connectivity index (χ1n) is 5.25. The van der Waals surface area contributed by atoms with Crippen molar-refractivity contribution in [1.29, 1.82) is 0 Å². The lowest BCUT2D eigenvalue weighted by atomic mass is 9.83. The number of rotatable bonds is 2. The number of aromatic nitrogens is 1. The summed E-state index contributed by atoms with van der Waals surface area (Å²) in [5.74, 6) is 0.102. The van der Waals surface area contributed by atoms with Crippen LogP contribution < -0.4 is 11.5 Å². The summed E-state index contributed by atoms with van der Waals surface area (Å²) in [7, 11) is 0. The zero-order chi connectivity index (χ0) is 11.6. The average Bonchev–Trinajstić information content (AvgIpc) is 2.30. The van der Waals surface area contributed by atoms with Gasteiger partial charge in [-0.25, -0.2) is 4.98 Å². The number of carbonyl (C=O) groups is 1. The van der Waals surface area contributed by atoms with Gasteiger partial charge >= 0.3 is 0 Å². The number of nitrogens with zero attached hydrogens (tertiary/aromatic N) is 1. The van der Waals surface area contributed by atoms with Gasteiger partial charge < -0.3 is 16.2 Å². The number of carbonyl (C=O) groups excluding carboxylic acids is 1. The molecule has 2 rings (SSSR count). The molecule has 0 radical (unpaired) electrons. The molecule has 0 atom stereocenters. The fourth-order valence-corrected chi connectivity index (χ4v) is 1.84. The molecule has 1 aromatic rings.